The van der Waals surface area contributed by atoms with Crippen LogP contribution in [0.2, 0.25) is 5.02 Å². The number of rotatable bonds is 3. The largest absolute Gasteiger partial charge is 0.384 e. The molecule has 0 aliphatic carbocycles. The molecule has 0 amide bonds. The van der Waals surface area contributed by atoms with Crippen molar-refractivity contribution in [1.29, 1.82) is 0 Å². The standard InChI is InChI=1S/C16H13ClN4/c17-12-8-4-5-9-13(12)19-15-10-14(18)20-16(21-15)11-6-2-1-3-7-11/h1-10H,(H3,18,19,20,21). The molecule has 0 unspecified atom stereocenters. The van der Waals surface area contributed by atoms with Crippen molar-refractivity contribution in [1.82, 2.24) is 9.97 Å². The second kappa shape index (κ2) is 5.81. The molecule has 5 heteroatoms. The van der Waals surface area contributed by atoms with Crippen LogP contribution in [-0.4, -0.2) is 9.97 Å². The Morgan fingerprint density at radius 3 is 2.38 bits per heavy atom. The number of para-hydroxylation sites is 1. The minimum Gasteiger partial charge on any atom is -0.384 e. The average Bonchev–Trinajstić information content (AvgIpc) is 2.50. The second-order valence-electron chi connectivity index (χ2n) is 4.47. The summed E-state index contributed by atoms with van der Waals surface area (Å²) in [6.45, 7) is 0. The van der Waals surface area contributed by atoms with Gasteiger partial charge in [-0.15, -0.1) is 0 Å². The molecule has 0 bridgehead atoms. The molecule has 0 radical (unpaired) electrons. The van der Waals surface area contributed by atoms with Crippen LogP contribution in [0.15, 0.2) is 60.7 Å². The highest BCUT2D eigenvalue weighted by atomic mass is 35.5. The lowest BCUT2D eigenvalue weighted by Crippen LogP contribution is -2.01. The number of benzene rings is 2. The first-order valence-corrected chi connectivity index (χ1v) is 6.82. The summed E-state index contributed by atoms with van der Waals surface area (Å²) in [6.07, 6.45) is 0. The third-order valence-electron chi connectivity index (χ3n) is 2.91. The van der Waals surface area contributed by atoms with Crippen LogP contribution in [-0.2, 0) is 0 Å². The molecule has 4 nitrogen and oxygen atoms in total. The van der Waals surface area contributed by atoms with Gasteiger partial charge in [-0.1, -0.05) is 54.1 Å². The van der Waals surface area contributed by atoms with Gasteiger partial charge in [-0.3, -0.25) is 0 Å². The van der Waals surface area contributed by atoms with E-state index in [1.165, 1.54) is 0 Å². The van der Waals surface area contributed by atoms with E-state index in [2.05, 4.69) is 15.3 Å². The van der Waals surface area contributed by atoms with Crippen molar-refractivity contribution in [3.8, 4) is 11.4 Å². The molecular weight excluding hydrogens is 284 g/mol. The molecule has 0 fully saturated rings. The van der Waals surface area contributed by atoms with E-state index < -0.39 is 0 Å². The molecule has 0 spiro atoms. The van der Waals surface area contributed by atoms with Gasteiger partial charge in [0.2, 0.25) is 0 Å². The van der Waals surface area contributed by atoms with E-state index in [0.717, 1.165) is 11.3 Å². The Morgan fingerprint density at radius 2 is 1.62 bits per heavy atom. The van der Waals surface area contributed by atoms with Crippen LogP contribution in [0, 0.1) is 0 Å². The van der Waals surface area contributed by atoms with Crippen LogP contribution >= 0.6 is 11.6 Å². The van der Waals surface area contributed by atoms with Crippen LogP contribution < -0.4 is 11.1 Å². The fourth-order valence-corrected chi connectivity index (χ4v) is 2.13. The number of nitrogens with two attached hydrogens (primary N) is 1. The van der Waals surface area contributed by atoms with Crippen LogP contribution in [0.3, 0.4) is 0 Å². The van der Waals surface area contributed by atoms with E-state index in [4.69, 9.17) is 17.3 Å². The van der Waals surface area contributed by atoms with E-state index in [0.29, 0.717) is 22.5 Å². The van der Waals surface area contributed by atoms with Gasteiger partial charge in [0.05, 0.1) is 10.7 Å². The Kier molecular flexibility index (Phi) is 3.71. The molecule has 3 N–H and O–H groups in total. The molecule has 1 heterocycles. The lowest BCUT2D eigenvalue weighted by atomic mass is 10.2. The molecule has 3 aromatic rings. The lowest BCUT2D eigenvalue weighted by Gasteiger charge is -2.09. The molecule has 0 saturated heterocycles. The maximum atomic E-state index is 6.13. The van der Waals surface area contributed by atoms with Crippen molar-refractivity contribution < 1.29 is 0 Å². The Morgan fingerprint density at radius 1 is 0.905 bits per heavy atom. The highest BCUT2D eigenvalue weighted by Crippen LogP contribution is 2.26. The molecule has 104 valence electrons. The number of nitrogens with one attached hydrogen (secondary N) is 1. The summed E-state index contributed by atoms with van der Waals surface area (Å²) in [5, 5.41) is 3.78. The molecule has 2 aromatic carbocycles. The molecule has 3 rings (SSSR count). The normalized spacial score (nSPS) is 10.3. The summed E-state index contributed by atoms with van der Waals surface area (Å²) in [7, 11) is 0. The van der Waals surface area contributed by atoms with Crippen molar-refractivity contribution in [2.75, 3.05) is 11.1 Å². The zero-order valence-corrected chi connectivity index (χ0v) is 11.9. The molecule has 0 aliphatic rings. The van der Waals surface area contributed by atoms with Crippen molar-refractivity contribution in [2.24, 2.45) is 0 Å². The summed E-state index contributed by atoms with van der Waals surface area (Å²) in [6, 6.07) is 18.8. The number of hydrogen-bond donors (Lipinski definition) is 2. The highest BCUT2D eigenvalue weighted by Gasteiger charge is 2.06. The van der Waals surface area contributed by atoms with E-state index in [-0.39, 0.29) is 0 Å². The number of aromatic nitrogens is 2. The fraction of sp³-hybridized carbons (Fsp3) is 0. The van der Waals surface area contributed by atoms with Crippen molar-refractivity contribution in [3.05, 3.63) is 65.7 Å². The zero-order chi connectivity index (χ0) is 14.7. The summed E-state index contributed by atoms with van der Waals surface area (Å²) < 4.78 is 0. The predicted molar refractivity (Wildman–Crippen MR) is 86.6 cm³/mol. The maximum absolute atomic E-state index is 6.13. The fourth-order valence-electron chi connectivity index (χ4n) is 1.95. The van der Waals surface area contributed by atoms with Gasteiger partial charge in [-0.25, -0.2) is 9.97 Å². The first-order chi connectivity index (χ1) is 10.2. The van der Waals surface area contributed by atoms with Gasteiger partial charge in [0.25, 0.3) is 0 Å². The summed E-state index contributed by atoms with van der Waals surface area (Å²) >= 11 is 6.13. The first-order valence-electron chi connectivity index (χ1n) is 6.44. The van der Waals surface area contributed by atoms with Gasteiger partial charge in [-0.2, -0.15) is 0 Å². The van der Waals surface area contributed by atoms with Crippen LogP contribution in [0.25, 0.3) is 11.4 Å². The smallest absolute Gasteiger partial charge is 0.163 e. The topological polar surface area (TPSA) is 63.8 Å². The van der Waals surface area contributed by atoms with Crippen molar-refractivity contribution in [2.45, 2.75) is 0 Å². The Hall–Kier alpha value is -2.59. The van der Waals surface area contributed by atoms with E-state index in [1.807, 2.05) is 54.6 Å². The molecular formula is C16H13ClN4. The summed E-state index contributed by atoms with van der Waals surface area (Å²) in [5.41, 5.74) is 7.55. The first kappa shape index (κ1) is 13.4. The maximum Gasteiger partial charge on any atom is 0.163 e. The predicted octanol–water partition coefficient (Wildman–Crippen LogP) is 4.12. The number of hydrogen-bond acceptors (Lipinski definition) is 4. The van der Waals surface area contributed by atoms with Gasteiger partial charge in [0.15, 0.2) is 5.82 Å². The summed E-state index contributed by atoms with van der Waals surface area (Å²) in [5.74, 6) is 1.58. The molecule has 0 atom stereocenters. The highest BCUT2D eigenvalue weighted by molar-refractivity contribution is 6.33. The number of nitrogen functional groups attached to an aromatic ring is 1. The molecule has 1 aromatic heterocycles. The monoisotopic (exact) mass is 296 g/mol. The Labute approximate surface area is 127 Å². The lowest BCUT2D eigenvalue weighted by molar-refractivity contribution is 1.18. The Balaban J connectivity index is 1.97. The van der Waals surface area contributed by atoms with Crippen molar-refractivity contribution in [3.63, 3.8) is 0 Å². The van der Waals surface area contributed by atoms with Gasteiger partial charge in [-0.05, 0) is 12.1 Å². The summed E-state index contributed by atoms with van der Waals surface area (Å²) in [4.78, 5) is 8.74. The second-order valence-corrected chi connectivity index (χ2v) is 4.88. The SMILES string of the molecule is Nc1cc(Nc2ccccc2Cl)nc(-c2ccccc2)n1. The number of halogens is 1. The van der Waals surface area contributed by atoms with E-state index in [9.17, 15) is 0 Å². The van der Waals surface area contributed by atoms with Crippen molar-refractivity contribution >= 4 is 28.9 Å². The number of anilines is 3. The third-order valence-corrected chi connectivity index (χ3v) is 3.24. The Bertz CT molecular complexity index is 759. The van der Waals surface area contributed by atoms with Gasteiger partial charge in [0.1, 0.15) is 11.6 Å². The zero-order valence-electron chi connectivity index (χ0n) is 11.1. The van der Waals surface area contributed by atoms with E-state index in [1.54, 1.807) is 6.07 Å². The van der Waals surface area contributed by atoms with Gasteiger partial charge >= 0.3 is 0 Å². The minimum atomic E-state index is 0.401. The van der Waals surface area contributed by atoms with E-state index >= 15 is 0 Å². The minimum absolute atomic E-state index is 0.401. The third kappa shape index (κ3) is 3.12. The number of nitrogens with zero attached hydrogens (tertiary/aromatic N) is 2. The molecule has 0 aliphatic heterocycles. The van der Waals surface area contributed by atoms with Crippen LogP contribution in [0.4, 0.5) is 17.3 Å². The van der Waals surface area contributed by atoms with Gasteiger partial charge < -0.3 is 11.1 Å². The van der Waals surface area contributed by atoms with Crippen LogP contribution in [0.1, 0.15) is 0 Å². The average molecular weight is 297 g/mol. The van der Waals surface area contributed by atoms with Gasteiger partial charge in [0, 0.05) is 11.6 Å². The molecule has 21 heavy (non-hydrogen) atoms. The molecule has 0 saturated carbocycles. The quantitative estimate of drug-likeness (QED) is 0.763. The van der Waals surface area contributed by atoms with Crippen LogP contribution in [0.5, 0.6) is 0 Å².